The number of nitrogens with one attached hydrogen (secondary N) is 1. The third-order valence-corrected chi connectivity index (χ3v) is 4.20. The molecular formula is C9H14N8O2S3. The van der Waals surface area contributed by atoms with Crippen LogP contribution < -0.4 is 21.9 Å². The zero-order chi connectivity index (χ0) is 16.6. The number of thiazole rings is 1. The molecule has 0 fully saturated rings. The van der Waals surface area contributed by atoms with E-state index in [1.807, 2.05) is 5.38 Å². The molecule has 0 amide bonds. The molecule has 22 heavy (non-hydrogen) atoms. The van der Waals surface area contributed by atoms with Crippen molar-refractivity contribution in [1.29, 1.82) is 5.26 Å². The second-order valence-electron chi connectivity index (χ2n) is 3.76. The molecule has 13 heteroatoms. The number of nitriles is 1. The molecule has 1 heterocycles. The summed E-state index contributed by atoms with van der Waals surface area (Å²) in [7, 11) is -3.94. The van der Waals surface area contributed by atoms with E-state index in [4.69, 9.17) is 21.9 Å². The topological polar surface area (TPSA) is 186 Å². The molecule has 1 aromatic heterocycles. The van der Waals surface area contributed by atoms with Crippen molar-refractivity contribution in [2.24, 2.45) is 26.0 Å². The summed E-state index contributed by atoms with van der Waals surface area (Å²) < 4.78 is 24.5. The first kappa shape index (κ1) is 18.2. The minimum Gasteiger partial charge on any atom is -0.386 e. The lowest BCUT2D eigenvalue weighted by Crippen LogP contribution is -2.26. The van der Waals surface area contributed by atoms with Gasteiger partial charge in [-0.25, -0.2) is 10.1 Å². The molecule has 0 aliphatic rings. The summed E-state index contributed by atoms with van der Waals surface area (Å²) in [6, 6.07) is 0. The van der Waals surface area contributed by atoms with Crippen molar-refractivity contribution in [3.63, 3.8) is 0 Å². The van der Waals surface area contributed by atoms with Crippen molar-refractivity contribution in [2.45, 2.75) is 12.2 Å². The number of nitrogens with two attached hydrogens (primary N) is 3. The van der Waals surface area contributed by atoms with Gasteiger partial charge < -0.3 is 11.5 Å². The molecular weight excluding hydrogens is 348 g/mol. The lowest BCUT2D eigenvalue weighted by molar-refractivity contribution is 0.599. The molecule has 120 valence electrons. The first-order valence-corrected chi connectivity index (χ1v) is 9.22. The van der Waals surface area contributed by atoms with Gasteiger partial charge in [-0.2, -0.15) is 30.4 Å². The number of amidine groups is 1. The smallest absolute Gasteiger partial charge is 0.318 e. The van der Waals surface area contributed by atoms with Crippen molar-refractivity contribution in [2.75, 3.05) is 5.75 Å². The molecule has 0 saturated carbocycles. The number of thioether (sulfide) groups is 1. The third kappa shape index (κ3) is 7.78. The number of hydrogen-bond acceptors (Lipinski definition) is 7. The molecule has 0 saturated heterocycles. The molecule has 1 aromatic rings. The van der Waals surface area contributed by atoms with Gasteiger partial charge in [0.1, 0.15) is 5.84 Å². The molecule has 10 nitrogen and oxygen atoms in total. The van der Waals surface area contributed by atoms with E-state index in [9.17, 15) is 8.42 Å². The summed E-state index contributed by atoms with van der Waals surface area (Å²) in [4.78, 5) is 8.12. The van der Waals surface area contributed by atoms with Crippen molar-refractivity contribution < 1.29 is 8.42 Å². The molecule has 0 aromatic carbocycles. The second kappa shape index (κ2) is 8.54. The number of hydrogen-bond donors (Lipinski definition) is 4. The highest BCUT2D eigenvalue weighted by Gasteiger charge is 2.04. The molecule has 0 bridgehead atoms. The van der Waals surface area contributed by atoms with Gasteiger partial charge in [0.2, 0.25) is 11.1 Å². The monoisotopic (exact) mass is 362 g/mol. The van der Waals surface area contributed by atoms with Gasteiger partial charge in [-0.1, -0.05) is 0 Å². The highest BCUT2D eigenvalue weighted by molar-refractivity contribution is 7.98. The Bertz CT molecular complexity index is 703. The van der Waals surface area contributed by atoms with Crippen LogP contribution in [0, 0.1) is 11.5 Å². The van der Waals surface area contributed by atoms with Crippen molar-refractivity contribution in [3.8, 4) is 6.19 Å². The number of guanidine groups is 1. The maximum Gasteiger partial charge on any atom is 0.318 e. The van der Waals surface area contributed by atoms with Crippen LogP contribution in [0.2, 0.25) is 0 Å². The van der Waals surface area contributed by atoms with Gasteiger partial charge in [0.25, 0.3) is 0 Å². The highest BCUT2D eigenvalue weighted by Crippen LogP contribution is 2.22. The average Bonchev–Trinajstić information content (AvgIpc) is 2.80. The van der Waals surface area contributed by atoms with Crippen LogP contribution in [0.1, 0.15) is 12.1 Å². The third-order valence-electron chi connectivity index (χ3n) is 1.94. The van der Waals surface area contributed by atoms with Gasteiger partial charge in [-0.15, -0.1) is 15.7 Å². The van der Waals surface area contributed by atoms with E-state index < -0.39 is 10.2 Å². The summed E-state index contributed by atoms with van der Waals surface area (Å²) in [5.41, 5.74) is 11.6. The Kier molecular flexibility index (Phi) is 7.05. The lowest BCUT2D eigenvalue weighted by Gasteiger charge is -1.99. The molecule has 0 radical (unpaired) electrons. The van der Waals surface area contributed by atoms with Crippen LogP contribution in [0.5, 0.6) is 0 Å². The number of aliphatic imine (C=N–C) groups is 1. The molecule has 1 rings (SSSR count). The normalized spacial score (nSPS) is 12.9. The van der Waals surface area contributed by atoms with E-state index in [1.54, 1.807) is 6.19 Å². The van der Waals surface area contributed by atoms with E-state index in [0.717, 1.165) is 5.69 Å². The Balaban J connectivity index is 2.41. The van der Waals surface area contributed by atoms with E-state index in [1.165, 1.54) is 23.1 Å². The minimum atomic E-state index is -3.94. The van der Waals surface area contributed by atoms with Gasteiger partial charge in [0, 0.05) is 23.3 Å². The van der Waals surface area contributed by atoms with Gasteiger partial charge >= 0.3 is 10.2 Å². The summed E-state index contributed by atoms with van der Waals surface area (Å²) in [6.07, 6.45) is 1.96. The first-order chi connectivity index (χ1) is 10.3. The van der Waals surface area contributed by atoms with Crippen LogP contribution in [0.15, 0.2) is 14.8 Å². The van der Waals surface area contributed by atoms with E-state index in [-0.39, 0.29) is 11.8 Å². The highest BCUT2D eigenvalue weighted by atomic mass is 32.2. The van der Waals surface area contributed by atoms with Gasteiger partial charge in [0.05, 0.1) is 5.69 Å². The molecule has 0 unspecified atom stereocenters. The minimum absolute atomic E-state index is 0.0250. The number of rotatable bonds is 7. The Morgan fingerprint density at radius 2 is 2.27 bits per heavy atom. The average molecular weight is 362 g/mol. The summed E-state index contributed by atoms with van der Waals surface area (Å²) in [5.74, 6) is 1.11. The Morgan fingerprint density at radius 3 is 2.91 bits per heavy atom. The number of nitrogens with zero attached hydrogens (tertiary/aromatic N) is 4. The fourth-order valence-corrected chi connectivity index (χ4v) is 3.24. The predicted molar refractivity (Wildman–Crippen MR) is 87.7 cm³/mol. The van der Waals surface area contributed by atoms with Crippen LogP contribution in [0.25, 0.3) is 0 Å². The SMILES string of the molecule is N#CNC(N)=Nc1nc(CSCCC(N)=NS(N)(=O)=O)cs1. The second-order valence-corrected chi connectivity index (χ2v) is 6.91. The molecule has 0 atom stereocenters. The number of aromatic nitrogens is 1. The zero-order valence-electron chi connectivity index (χ0n) is 11.3. The van der Waals surface area contributed by atoms with Crippen LogP contribution >= 0.6 is 23.1 Å². The van der Waals surface area contributed by atoms with Crippen LogP contribution in [-0.2, 0) is 16.0 Å². The van der Waals surface area contributed by atoms with Gasteiger partial charge in [-0.3, -0.25) is 5.32 Å². The lowest BCUT2D eigenvalue weighted by atomic mass is 10.5. The van der Waals surface area contributed by atoms with Crippen molar-refractivity contribution in [3.05, 3.63) is 11.1 Å². The predicted octanol–water partition coefficient (Wildman–Crippen LogP) is -0.656. The standard InChI is InChI=1S/C9H14N8O2S3/c10-5-14-8(12)16-9-15-6(4-21-9)3-20-2-1-7(11)17-22(13,18)19/h4H,1-3H2,(H2,11,17)(H2,13,18,19)(H3,12,14,15,16). The van der Waals surface area contributed by atoms with Crippen LogP contribution in [0.3, 0.4) is 0 Å². The van der Waals surface area contributed by atoms with E-state index >= 15 is 0 Å². The largest absolute Gasteiger partial charge is 0.386 e. The fourth-order valence-electron chi connectivity index (χ4n) is 1.16. The van der Waals surface area contributed by atoms with Crippen molar-refractivity contribution >= 4 is 50.2 Å². The maximum absolute atomic E-state index is 10.7. The van der Waals surface area contributed by atoms with E-state index in [2.05, 4.69) is 19.7 Å². The first-order valence-electron chi connectivity index (χ1n) is 5.68. The van der Waals surface area contributed by atoms with Gasteiger partial charge in [0.15, 0.2) is 6.19 Å². The molecule has 0 aliphatic heterocycles. The molecule has 7 N–H and O–H groups in total. The zero-order valence-corrected chi connectivity index (χ0v) is 13.7. The van der Waals surface area contributed by atoms with Crippen molar-refractivity contribution in [1.82, 2.24) is 10.3 Å². The Morgan fingerprint density at radius 1 is 1.55 bits per heavy atom. The molecule has 0 spiro atoms. The maximum atomic E-state index is 10.7. The quantitative estimate of drug-likeness (QED) is 0.162. The van der Waals surface area contributed by atoms with Gasteiger partial charge in [-0.05, 0) is 0 Å². The Labute approximate surface area is 135 Å². The van der Waals surface area contributed by atoms with Crippen LogP contribution in [0.4, 0.5) is 5.13 Å². The fraction of sp³-hybridized carbons (Fsp3) is 0.333. The summed E-state index contributed by atoms with van der Waals surface area (Å²) in [6.45, 7) is 0. The Hall–Kier alpha value is -1.88. The molecule has 0 aliphatic carbocycles. The van der Waals surface area contributed by atoms with Crippen LogP contribution in [-0.4, -0.2) is 30.9 Å². The summed E-state index contributed by atoms with van der Waals surface area (Å²) >= 11 is 2.79. The van der Waals surface area contributed by atoms with E-state index in [0.29, 0.717) is 23.1 Å². The summed E-state index contributed by atoms with van der Waals surface area (Å²) in [5, 5.41) is 17.6.